The highest BCUT2D eigenvalue weighted by Crippen LogP contribution is 2.39. The van der Waals surface area contributed by atoms with Gasteiger partial charge in [-0.3, -0.25) is 14.5 Å². The molecule has 2 heterocycles. The monoisotopic (exact) mass is 434 g/mol. The number of likely N-dealkylation sites (tertiary alicyclic amines) is 1. The first-order chi connectivity index (χ1) is 15.5. The normalized spacial score (nSPS) is 21.3. The van der Waals surface area contributed by atoms with Crippen molar-refractivity contribution in [2.75, 3.05) is 39.4 Å². The van der Waals surface area contributed by atoms with Gasteiger partial charge in [0.1, 0.15) is 5.76 Å². The Balaban J connectivity index is 1.72. The summed E-state index contributed by atoms with van der Waals surface area (Å²) in [6.45, 7) is 8.08. The number of carbonyl (C=O) groups is 2. The summed E-state index contributed by atoms with van der Waals surface area (Å²) in [5, 5.41) is 11.1. The van der Waals surface area contributed by atoms with Crippen LogP contribution in [0.1, 0.15) is 35.2 Å². The summed E-state index contributed by atoms with van der Waals surface area (Å²) in [4.78, 5) is 30.0. The second-order valence-corrected chi connectivity index (χ2v) is 8.41. The standard InChI is InChI=1S/C26H30N2O4/c1-3-19-6-10-20(11-7-19)23-22(24(29)21-8-4-18(2)5-9-21)25(30)26(31)28(23)13-12-27-14-16-32-17-15-27/h4-11,23,29H,3,12-17H2,1-2H3/b24-22+/t23-/m1/s1. The number of rotatable bonds is 6. The molecule has 6 nitrogen and oxygen atoms in total. The van der Waals surface area contributed by atoms with E-state index in [0.29, 0.717) is 31.9 Å². The topological polar surface area (TPSA) is 70.1 Å². The summed E-state index contributed by atoms with van der Waals surface area (Å²) in [6.07, 6.45) is 0.904. The number of carbonyl (C=O) groups excluding carboxylic acids is 2. The molecule has 1 atom stereocenters. The average molecular weight is 435 g/mol. The van der Waals surface area contributed by atoms with Gasteiger partial charge in [-0.2, -0.15) is 0 Å². The zero-order valence-corrected chi connectivity index (χ0v) is 18.7. The highest BCUT2D eigenvalue weighted by molar-refractivity contribution is 6.46. The number of aliphatic hydroxyl groups is 1. The molecule has 0 spiro atoms. The second-order valence-electron chi connectivity index (χ2n) is 8.41. The van der Waals surface area contributed by atoms with Gasteiger partial charge < -0.3 is 14.7 Å². The smallest absolute Gasteiger partial charge is 0.295 e. The van der Waals surface area contributed by atoms with Crippen LogP contribution in [0.2, 0.25) is 0 Å². The van der Waals surface area contributed by atoms with E-state index in [1.807, 2.05) is 43.3 Å². The number of nitrogens with zero attached hydrogens (tertiary/aromatic N) is 2. The molecule has 4 rings (SSSR count). The van der Waals surface area contributed by atoms with Gasteiger partial charge in [0.25, 0.3) is 11.7 Å². The van der Waals surface area contributed by atoms with Crippen molar-refractivity contribution in [1.82, 2.24) is 9.80 Å². The van der Waals surface area contributed by atoms with Gasteiger partial charge in [-0.15, -0.1) is 0 Å². The highest BCUT2D eigenvalue weighted by atomic mass is 16.5. The highest BCUT2D eigenvalue weighted by Gasteiger charge is 2.46. The number of benzene rings is 2. The minimum absolute atomic E-state index is 0.123. The molecular weight excluding hydrogens is 404 g/mol. The van der Waals surface area contributed by atoms with Gasteiger partial charge in [-0.25, -0.2) is 0 Å². The van der Waals surface area contributed by atoms with Gasteiger partial charge in [0, 0.05) is 31.7 Å². The summed E-state index contributed by atoms with van der Waals surface area (Å²) >= 11 is 0. The Morgan fingerprint density at radius 2 is 1.66 bits per heavy atom. The van der Waals surface area contributed by atoms with Crippen molar-refractivity contribution >= 4 is 17.4 Å². The summed E-state index contributed by atoms with van der Waals surface area (Å²) < 4.78 is 5.41. The quantitative estimate of drug-likeness (QED) is 0.429. The molecule has 168 valence electrons. The van der Waals surface area contributed by atoms with Crippen LogP contribution in [-0.4, -0.2) is 66.0 Å². The number of ether oxygens (including phenoxy) is 1. The van der Waals surface area contributed by atoms with E-state index in [0.717, 1.165) is 30.6 Å². The fourth-order valence-corrected chi connectivity index (χ4v) is 4.33. The van der Waals surface area contributed by atoms with Crippen molar-refractivity contribution in [3.8, 4) is 0 Å². The molecule has 2 aliphatic heterocycles. The molecule has 0 saturated carbocycles. The lowest BCUT2D eigenvalue weighted by atomic mass is 9.94. The number of morpholine rings is 1. The lowest BCUT2D eigenvalue weighted by molar-refractivity contribution is -0.140. The van der Waals surface area contributed by atoms with E-state index in [1.54, 1.807) is 17.0 Å². The number of Topliss-reactive ketones (excluding diaryl/α,β-unsaturated/α-hetero) is 1. The molecule has 0 radical (unpaired) electrons. The maximum Gasteiger partial charge on any atom is 0.295 e. The molecule has 2 fully saturated rings. The number of aliphatic hydroxyl groups excluding tert-OH is 1. The molecule has 2 aliphatic rings. The van der Waals surface area contributed by atoms with Crippen molar-refractivity contribution in [3.63, 3.8) is 0 Å². The molecule has 32 heavy (non-hydrogen) atoms. The molecule has 0 aliphatic carbocycles. The number of amides is 1. The molecular formula is C26H30N2O4. The summed E-state index contributed by atoms with van der Waals surface area (Å²) in [5.41, 5.74) is 3.76. The Bertz CT molecular complexity index is 1010. The van der Waals surface area contributed by atoms with Crippen molar-refractivity contribution < 1.29 is 19.4 Å². The van der Waals surface area contributed by atoms with Crippen molar-refractivity contribution in [1.29, 1.82) is 0 Å². The molecule has 0 unspecified atom stereocenters. The Labute approximate surface area is 189 Å². The Morgan fingerprint density at radius 1 is 1.00 bits per heavy atom. The van der Waals surface area contributed by atoms with Crippen LogP contribution in [-0.2, 0) is 20.7 Å². The van der Waals surface area contributed by atoms with Crippen LogP contribution < -0.4 is 0 Å². The third kappa shape index (κ3) is 4.47. The van der Waals surface area contributed by atoms with Crippen LogP contribution >= 0.6 is 0 Å². The number of ketones is 1. The van der Waals surface area contributed by atoms with Crippen LogP contribution in [0.25, 0.3) is 5.76 Å². The first-order valence-electron chi connectivity index (χ1n) is 11.2. The Hall–Kier alpha value is -2.96. The van der Waals surface area contributed by atoms with Gasteiger partial charge in [0.15, 0.2) is 0 Å². The van der Waals surface area contributed by atoms with Crippen molar-refractivity contribution in [2.45, 2.75) is 26.3 Å². The van der Waals surface area contributed by atoms with Crippen LogP contribution in [0.4, 0.5) is 0 Å². The number of hydrogen-bond acceptors (Lipinski definition) is 5. The van der Waals surface area contributed by atoms with E-state index in [4.69, 9.17) is 4.74 Å². The molecule has 2 aromatic carbocycles. The predicted molar refractivity (Wildman–Crippen MR) is 123 cm³/mol. The van der Waals surface area contributed by atoms with Gasteiger partial charge in [0.2, 0.25) is 0 Å². The first kappa shape index (κ1) is 22.2. The van der Waals surface area contributed by atoms with E-state index in [-0.39, 0.29) is 11.3 Å². The summed E-state index contributed by atoms with van der Waals surface area (Å²) in [6, 6.07) is 14.7. The minimum Gasteiger partial charge on any atom is -0.507 e. The lowest BCUT2D eigenvalue weighted by Crippen LogP contribution is -2.42. The van der Waals surface area contributed by atoms with E-state index in [1.165, 1.54) is 5.56 Å². The Morgan fingerprint density at radius 3 is 2.28 bits per heavy atom. The van der Waals surface area contributed by atoms with E-state index >= 15 is 0 Å². The van der Waals surface area contributed by atoms with Crippen LogP contribution in [0.3, 0.4) is 0 Å². The second kappa shape index (κ2) is 9.67. The maximum absolute atomic E-state index is 13.1. The van der Waals surface area contributed by atoms with Gasteiger partial charge >= 0.3 is 0 Å². The Kier molecular flexibility index (Phi) is 6.72. The third-order valence-electron chi connectivity index (χ3n) is 6.33. The molecule has 1 amide bonds. The summed E-state index contributed by atoms with van der Waals surface area (Å²) in [5.74, 6) is -1.31. The number of hydrogen-bond donors (Lipinski definition) is 1. The average Bonchev–Trinajstić information content (AvgIpc) is 3.08. The van der Waals surface area contributed by atoms with E-state index < -0.39 is 17.7 Å². The van der Waals surface area contributed by atoms with Gasteiger partial charge in [-0.1, -0.05) is 61.0 Å². The molecule has 0 aromatic heterocycles. The zero-order chi connectivity index (χ0) is 22.7. The predicted octanol–water partition coefficient (Wildman–Crippen LogP) is 3.31. The van der Waals surface area contributed by atoms with Gasteiger partial charge in [-0.05, 0) is 24.5 Å². The maximum atomic E-state index is 13.1. The lowest BCUT2D eigenvalue weighted by Gasteiger charge is -2.31. The van der Waals surface area contributed by atoms with Crippen molar-refractivity contribution in [3.05, 3.63) is 76.4 Å². The third-order valence-corrected chi connectivity index (χ3v) is 6.33. The van der Waals surface area contributed by atoms with Gasteiger partial charge in [0.05, 0.1) is 24.8 Å². The van der Waals surface area contributed by atoms with E-state index in [9.17, 15) is 14.7 Å². The molecule has 2 saturated heterocycles. The summed E-state index contributed by atoms with van der Waals surface area (Å²) in [7, 11) is 0. The number of aryl methyl sites for hydroxylation is 2. The molecule has 1 N–H and O–H groups in total. The minimum atomic E-state index is -0.630. The van der Waals surface area contributed by atoms with Crippen LogP contribution in [0.5, 0.6) is 0 Å². The van der Waals surface area contributed by atoms with E-state index in [2.05, 4.69) is 11.8 Å². The molecule has 6 heteroatoms. The molecule has 2 aromatic rings. The fourth-order valence-electron chi connectivity index (χ4n) is 4.33. The largest absolute Gasteiger partial charge is 0.507 e. The SMILES string of the molecule is CCc1ccc([C@@H]2/C(=C(\O)c3ccc(C)cc3)C(=O)C(=O)N2CCN2CCOCC2)cc1. The zero-order valence-electron chi connectivity index (χ0n) is 18.7. The van der Waals surface area contributed by atoms with Crippen molar-refractivity contribution in [2.24, 2.45) is 0 Å². The first-order valence-corrected chi connectivity index (χ1v) is 11.2. The molecule has 0 bridgehead atoms. The van der Waals surface area contributed by atoms with Crippen LogP contribution in [0.15, 0.2) is 54.1 Å². The fraction of sp³-hybridized carbons (Fsp3) is 0.385. The van der Waals surface area contributed by atoms with Crippen LogP contribution in [0, 0.1) is 6.92 Å².